The Morgan fingerprint density at radius 2 is 2.22 bits per heavy atom. The summed E-state index contributed by atoms with van der Waals surface area (Å²) in [6.45, 7) is 0. The number of nitrogens with zero attached hydrogens (tertiary/aromatic N) is 4. The predicted molar refractivity (Wildman–Crippen MR) is 67.8 cm³/mol. The van der Waals surface area contributed by atoms with E-state index in [1.165, 1.54) is 0 Å². The Morgan fingerprint density at radius 1 is 1.44 bits per heavy atom. The molecule has 0 aliphatic heterocycles. The third kappa shape index (κ3) is 3.74. The number of benzene rings is 1. The largest absolute Gasteiger partial charge is 0.273 e. The van der Waals surface area contributed by atoms with E-state index < -0.39 is 0 Å². The van der Waals surface area contributed by atoms with Crippen LogP contribution in [0.1, 0.15) is 11.4 Å². The molecular formula is C10H9BrN6O. The molecule has 0 radical (unpaired) electrons. The van der Waals surface area contributed by atoms with Crippen LogP contribution in [0.15, 0.2) is 33.8 Å². The normalized spacial score (nSPS) is 10.7. The van der Waals surface area contributed by atoms with Crippen LogP contribution in [-0.2, 0) is 11.2 Å². The molecule has 2 aromatic rings. The van der Waals surface area contributed by atoms with Crippen LogP contribution >= 0.6 is 15.9 Å². The highest BCUT2D eigenvalue weighted by Gasteiger charge is 2.05. The van der Waals surface area contributed by atoms with Gasteiger partial charge in [-0.25, -0.2) is 5.43 Å². The van der Waals surface area contributed by atoms with Crippen molar-refractivity contribution in [2.75, 3.05) is 0 Å². The minimum atomic E-state index is -0.301. The number of nitrogens with one attached hydrogen (secondary N) is 2. The summed E-state index contributed by atoms with van der Waals surface area (Å²) in [6, 6.07) is 7.53. The number of rotatable bonds is 4. The molecule has 0 fully saturated rings. The third-order valence-electron chi connectivity index (χ3n) is 1.98. The highest BCUT2D eigenvalue weighted by molar-refractivity contribution is 9.10. The van der Waals surface area contributed by atoms with E-state index in [4.69, 9.17) is 0 Å². The van der Waals surface area contributed by atoms with E-state index >= 15 is 0 Å². The van der Waals surface area contributed by atoms with Crippen LogP contribution in [0.2, 0.25) is 0 Å². The maximum absolute atomic E-state index is 11.4. The van der Waals surface area contributed by atoms with Gasteiger partial charge in [0.05, 0.1) is 12.6 Å². The SMILES string of the molecule is O=C(Cc1nn[nH]n1)NN=Cc1ccc(Br)cc1. The molecular weight excluding hydrogens is 300 g/mol. The number of carbonyl (C=O) groups is 1. The summed E-state index contributed by atoms with van der Waals surface area (Å²) in [5.74, 6) is 0.0242. The molecule has 0 unspecified atom stereocenters. The van der Waals surface area contributed by atoms with Crippen molar-refractivity contribution in [2.45, 2.75) is 6.42 Å². The lowest BCUT2D eigenvalue weighted by Crippen LogP contribution is -2.20. The topological polar surface area (TPSA) is 95.9 Å². The van der Waals surface area contributed by atoms with Gasteiger partial charge in [0.25, 0.3) is 0 Å². The zero-order valence-corrected chi connectivity index (χ0v) is 10.8. The molecule has 0 atom stereocenters. The number of carbonyl (C=O) groups excluding carboxylic acids is 1. The Bertz CT molecular complexity index is 536. The van der Waals surface area contributed by atoms with Gasteiger partial charge in [-0.1, -0.05) is 33.3 Å². The summed E-state index contributed by atoms with van der Waals surface area (Å²) in [6.07, 6.45) is 1.59. The number of tetrazole rings is 1. The van der Waals surface area contributed by atoms with E-state index in [1.54, 1.807) is 6.21 Å². The summed E-state index contributed by atoms with van der Waals surface area (Å²) in [4.78, 5) is 11.4. The molecule has 1 aromatic carbocycles. The molecule has 1 amide bonds. The summed E-state index contributed by atoms with van der Waals surface area (Å²) < 4.78 is 0.987. The Labute approximate surface area is 111 Å². The number of hydrogen-bond acceptors (Lipinski definition) is 5. The Morgan fingerprint density at radius 3 is 2.89 bits per heavy atom. The van der Waals surface area contributed by atoms with Crippen molar-refractivity contribution in [3.63, 3.8) is 0 Å². The second-order valence-corrected chi connectivity index (χ2v) is 4.27. The predicted octanol–water partition coefficient (Wildman–Crippen LogP) is 0.655. The molecule has 8 heteroatoms. The number of aromatic nitrogens is 4. The third-order valence-corrected chi connectivity index (χ3v) is 2.51. The lowest BCUT2D eigenvalue weighted by atomic mass is 10.2. The van der Waals surface area contributed by atoms with Gasteiger partial charge < -0.3 is 0 Å². The van der Waals surface area contributed by atoms with E-state index in [9.17, 15) is 4.79 Å². The molecule has 1 heterocycles. The van der Waals surface area contributed by atoms with Crippen LogP contribution in [0.3, 0.4) is 0 Å². The lowest BCUT2D eigenvalue weighted by molar-refractivity contribution is -0.120. The van der Waals surface area contributed by atoms with Crippen LogP contribution in [0.25, 0.3) is 0 Å². The molecule has 0 bridgehead atoms. The van der Waals surface area contributed by atoms with E-state index in [0.29, 0.717) is 5.82 Å². The first-order valence-electron chi connectivity index (χ1n) is 5.04. The summed E-state index contributed by atoms with van der Waals surface area (Å²) in [5, 5.41) is 16.8. The molecule has 92 valence electrons. The minimum Gasteiger partial charge on any atom is -0.273 e. The average molecular weight is 309 g/mol. The molecule has 2 N–H and O–H groups in total. The first-order chi connectivity index (χ1) is 8.74. The van der Waals surface area contributed by atoms with Gasteiger partial charge in [-0.05, 0) is 17.7 Å². The number of aromatic amines is 1. The van der Waals surface area contributed by atoms with Crippen molar-refractivity contribution in [1.82, 2.24) is 26.0 Å². The molecule has 7 nitrogen and oxygen atoms in total. The Hall–Kier alpha value is -2.09. The van der Waals surface area contributed by atoms with Crippen LogP contribution in [0.5, 0.6) is 0 Å². The zero-order chi connectivity index (χ0) is 12.8. The van der Waals surface area contributed by atoms with E-state index in [2.05, 4.69) is 47.1 Å². The molecule has 2 rings (SSSR count). The standard InChI is InChI=1S/C10H9BrN6O/c11-8-3-1-7(2-4-8)6-12-15-10(18)5-9-13-16-17-14-9/h1-4,6H,5H2,(H,15,18)(H,13,14,16,17). The molecule has 0 aliphatic carbocycles. The van der Waals surface area contributed by atoms with Crippen LogP contribution in [0, 0.1) is 0 Å². The molecule has 0 spiro atoms. The van der Waals surface area contributed by atoms with Gasteiger partial charge in [0, 0.05) is 4.47 Å². The van der Waals surface area contributed by atoms with Gasteiger partial charge in [0.1, 0.15) is 0 Å². The van der Waals surface area contributed by atoms with E-state index in [1.807, 2.05) is 24.3 Å². The molecule has 0 saturated heterocycles. The fourth-order valence-electron chi connectivity index (χ4n) is 1.17. The lowest BCUT2D eigenvalue weighted by Gasteiger charge is -1.96. The van der Waals surface area contributed by atoms with Crippen LogP contribution in [0.4, 0.5) is 0 Å². The highest BCUT2D eigenvalue weighted by atomic mass is 79.9. The van der Waals surface area contributed by atoms with Gasteiger partial charge in [-0.3, -0.25) is 4.79 Å². The number of H-pyrrole nitrogens is 1. The van der Waals surface area contributed by atoms with Crippen molar-refractivity contribution in [1.29, 1.82) is 0 Å². The average Bonchev–Trinajstić information content (AvgIpc) is 2.84. The first-order valence-corrected chi connectivity index (χ1v) is 5.83. The first kappa shape index (κ1) is 12.4. The fourth-order valence-corrected chi connectivity index (χ4v) is 1.43. The van der Waals surface area contributed by atoms with Gasteiger partial charge in [0.15, 0.2) is 5.82 Å². The Kier molecular flexibility index (Phi) is 4.13. The molecule has 1 aromatic heterocycles. The van der Waals surface area contributed by atoms with Gasteiger partial charge in [-0.2, -0.15) is 10.3 Å². The van der Waals surface area contributed by atoms with Gasteiger partial charge in [0.2, 0.25) is 5.91 Å². The maximum atomic E-state index is 11.4. The highest BCUT2D eigenvalue weighted by Crippen LogP contribution is 2.08. The van der Waals surface area contributed by atoms with Crippen LogP contribution < -0.4 is 5.43 Å². The molecule has 0 saturated carbocycles. The number of hydrazone groups is 1. The fraction of sp³-hybridized carbons (Fsp3) is 0.100. The molecule has 18 heavy (non-hydrogen) atoms. The van der Waals surface area contributed by atoms with Crippen molar-refractivity contribution in [3.05, 3.63) is 40.1 Å². The Balaban J connectivity index is 1.84. The zero-order valence-electron chi connectivity index (χ0n) is 9.17. The minimum absolute atomic E-state index is 0.0359. The summed E-state index contributed by atoms with van der Waals surface area (Å²) >= 11 is 3.33. The van der Waals surface area contributed by atoms with E-state index in [-0.39, 0.29) is 12.3 Å². The number of amides is 1. The number of hydrogen-bond donors (Lipinski definition) is 2. The molecule has 0 aliphatic rings. The van der Waals surface area contributed by atoms with Crippen LogP contribution in [-0.4, -0.2) is 32.7 Å². The van der Waals surface area contributed by atoms with Crippen molar-refractivity contribution >= 4 is 28.1 Å². The smallest absolute Gasteiger partial charge is 0.247 e. The van der Waals surface area contributed by atoms with Crippen molar-refractivity contribution in [3.8, 4) is 0 Å². The second-order valence-electron chi connectivity index (χ2n) is 3.35. The van der Waals surface area contributed by atoms with E-state index in [0.717, 1.165) is 10.0 Å². The quantitative estimate of drug-likeness (QED) is 0.640. The van der Waals surface area contributed by atoms with Gasteiger partial charge in [-0.15, -0.1) is 10.2 Å². The van der Waals surface area contributed by atoms with Gasteiger partial charge >= 0.3 is 0 Å². The second kappa shape index (κ2) is 6.01. The number of halogens is 1. The summed E-state index contributed by atoms with van der Waals surface area (Å²) in [7, 11) is 0. The van der Waals surface area contributed by atoms with Crippen molar-refractivity contribution in [2.24, 2.45) is 5.10 Å². The monoisotopic (exact) mass is 308 g/mol. The summed E-state index contributed by atoms with van der Waals surface area (Å²) in [5.41, 5.74) is 3.27. The van der Waals surface area contributed by atoms with Crippen molar-refractivity contribution < 1.29 is 4.79 Å². The maximum Gasteiger partial charge on any atom is 0.247 e.